The van der Waals surface area contributed by atoms with E-state index in [4.69, 9.17) is 28.3 Å². The Kier molecular flexibility index (Phi) is 3.64. The smallest absolute Gasteiger partial charge is 0.449 e. The van der Waals surface area contributed by atoms with Crippen LogP contribution in [0.2, 0.25) is 10.2 Å². The lowest BCUT2D eigenvalue weighted by Gasteiger charge is -2.12. The minimum absolute atomic E-state index is 0.0719. The van der Waals surface area contributed by atoms with Crippen molar-refractivity contribution in [2.45, 2.75) is 13.5 Å². The predicted octanol–water partition coefficient (Wildman–Crippen LogP) is 2.78. The number of carboxylic acid groups (broad SMARTS) is 1. The molecule has 6 nitrogen and oxygen atoms in total. The zero-order valence-corrected chi connectivity index (χ0v) is 11.2. The molecule has 2 aromatic heterocycles. The van der Waals surface area contributed by atoms with Crippen molar-refractivity contribution in [1.29, 1.82) is 0 Å². The van der Waals surface area contributed by atoms with Gasteiger partial charge in [0.15, 0.2) is 5.75 Å². The van der Waals surface area contributed by atoms with Gasteiger partial charge in [-0.2, -0.15) is 0 Å². The zero-order chi connectivity index (χ0) is 14.2. The highest BCUT2D eigenvalue weighted by atomic mass is 35.5. The molecule has 0 radical (unpaired) electrons. The Balaban J connectivity index is 2.87. The van der Waals surface area contributed by atoms with Gasteiger partial charge in [-0.25, -0.2) is 9.78 Å². The van der Waals surface area contributed by atoms with Crippen LogP contribution in [-0.2, 0) is 6.54 Å². The van der Waals surface area contributed by atoms with E-state index in [0.29, 0.717) is 12.1 Å². The van der Waals surface area contributed by atoms with E-state index in [1.54, 1.807) is 11.5 Å². The summed E-state index contributed by atoms with van der Waals surface area (Å²) in [6.07, 6.45) is 0.959. The van der Waals surface area contributed by atoms with Gasteiger partial charge < -0.3 is 14.4 Å². The predicted molar refractivity (Wildman–Crippen MR) is 70.3 cm³/mol. The van der Waals surface area contributed by atoms with Gasteiger partial charge in [0.25, 0.3) is 0 Å². The van der Waals surface area contributed by atoms with Crippen LogP contribution >= 0.6 is 23.2 Å². The number of fused-ring (bicyclic) bond motifs is 1. The van der Waals surface area contributed by atoms with Crippen LogP contribution in [0.3, 0.4) is 0 Å². The molecule has 100 valence electrons. The molecule has 0 fully saturated rings. The Morgan fingerprint density at radius 2 is 2.21 bits per heavy atom. The molecule has 0 atom stereocenters. The molecule has 1 N–H and O–H groups in total. The van der Waals surface area contributed by atoms with Gasteiger partial charge in [0.05, 0.1) is 17.1 Å². The highest BCUT2D eigenvalue weighted by Crippen LogP contribution is 2.28. The Hall–Kier alpha value is -1.79. The van der Waals surface area contributed by atoms with Gasteiger partial charge in [-0.1, -0.05) is 23.2 Å². The standard InChI is InChI=1S/C11H8Cl2N2O4/c1-2-15-4-6(19-11(17)18)9(16)5-3-14-10(13)7(12)8(5)15/h3-4H,2H2,1H3,(H,17,18). The molecule has 0 amide bonds. The SMILES string of the molecule is CCn1cc(OC(=O)O)c(=O)c2cnc(Cl)c(Cl)c21. The molecule has 0 spiro atoms. The van der Waals surface area contributed by atoms with Crippen LogP contribution in [0.1, 0.15) is 6.92 Å². The van der Waals surface area contributed by atoms with Crippen molar-refractivity contribution in [1.82, 2.24) is 9.55 Å². The number of carbonyl (C=O) groups is 1. The number of halogens is 2. The van der Waals surface area contributed by atoms with Crippen molar-refractivity contribution >= 4 is 40.3 Å². The molecular formula is C11H8Cl2N2O4. The number of aryl methyl sites for hydroxylation is 1. The Morgan fingerprint density at radius 3 is 2.79 bits per heavy atom. The topological polar surface area (TPSA) is 81.4 Å². The minimum Gasteiger partial charge on any atom is -0.449 e. The summed E-state index contributed by atoms with van der Waals surface area (Å²) >= 11 is 11.8. The second kappa shape index (κ2) is 5.07. The monoisotopic (exact) mass is 302 g/mol. The summed E-state index contributed by atoms with van der Waals surface area (Å²) in [5.41, 5.74) is -0.208. The minimum atomic E-state index is -1.56. The average molecular weight is 303 g/mol. The summed E-state index contributed by atoms with van der Waals surface area (Å²) in [5, 5.41) is 8.95. The van der Waals surface area contributed by atoms with Gasteiger partial charge in [0.2, 0.25) is 5.43 Å². The van der Waals surface area contributed by atoms with Gasteiger partial charge in [-0.3, -0.25) is 4.79 Å². The van der Waals surface area contributed by atoms with Gasteiger partial charge in [0, 0.05) is 12.7 Å². The summed E-state index contributed by atoms with van der Waals surface area (Å²) in [6, 6.07) is 0. The number of pyridine rings is 2. The second-order valence-corrected chi connectivity index (χ2v) is 4.34. The van der Waals surface area contributed by atoms with Gasteiger partial charge in [-0.05, 0) is 6.92 Å². The summed E-state index contributed by atoms with van der Waals surface area (Å²) in [5.74, 6) is -0.304. The molecule has 0 saturated carbocycles. The van der Waals surface area contributed by atoms with E-state index in [1.807, 2.05) is 0 Å². The van der Waals surface area contributed by atoms with Crippen molar-refractivity contribution in [3.63, 3.8) is 0 Å². The molecule has 2 rings (SSSR count). The van der Waals surface area contributed by atoms with E-state index >= 15 is 0 Å². The lowest BCUT2D eigenvalue weighted by molar-refractivity contribution is 0.144. The highest BCUT2D eigenvalue weighted by Gasteiger charge is 2.16. The fraction of sp³-hybridized carbons (Fsp3) is 0.182. The van der Waals surface area contributed by atoms with Gasteiger partial charge in [-0.15, -0.1) is 0 Å². The zero-order valence-electron chi connectivity index (χ0n) is 9.68. The van der Waals surface area contributed by atoms with E-state index in [-0.39, 0.29) is 21.3 Å². The van der Waals surface area contributed by atoms with Crippen LogP contribution in [0.25, 0.3) is 10.9 Å². The highest BCUT2D eigenvalue weighted by molar-refractivity contribution is 6.44. The van der Waals surface area contributed by atoms with Crippen LogP contribution in [-0.4, -0.2) is 20.8 Å². The molecule has 0 aromatic carbocycles. The third-order valence-corrected chi connectivity index (χ3v) is 3.26. The molecule has 0 aliphatic rings. The first-order valence-corrected chi connectivity index (χ1v) is 5.99. The largest absolute Gasteiger partial charge is 0.511 e. The normalized spacial score (nSPS) is 10.7. The van der Waals surface area contributed by atoms with Gasteiger partial charge in [0.1, 0.15) is 10.2 Å². The van der Waals surface area contributed by atoms with Crippen LogP contribution in [0.5, 0.6) is 5.75 Å². The molecule has 0 saturated heterocycles. The molecule has 0 bridgehead atoms. The first kappa shape index (κ1) is 13.6. The molecule has 8 heteroatoms. The van der Waals surface area contributed by atoms with Crippen LogP contribution < -0.4 is 10.2 Å². The number of hydrogen-bond acceptors (Lipinski definition) is 4. The Bertz CT molecular complexity index is 727. The van der Waals surface area contributed by atoms with Crippen LogP contribution in [0, 0.1) is 0 Å². The maximum atomic E-state index is 12.1. The van der Waals surface area contributed by atoms with E-state index in [2.05, 4.69) is 9.72 Å². The van der Waals surface area contributed by atoms with Crippen LogP contribution in [0.15, 0.2) is 17.2 Å². The van der Waals surface area contributed by atoms with Crippen molar-refractivity contribution in [3.05, 3.63) is 32.8 Å². The molecule has 0 aliphatic heterocycles. The van der Waals surface area contributed by atoms with Crippen molar-refractivity contribution in [2.75, 3.05) is 0 Å². The molecule has 19 heavy (non-hydrogen) atoms. The fourth-order valence-electron chi connectivity index (χ4n) is 1.72. The summed E-state index contributed by atoms with van der Waals surface area (Å²) < 4.78 is 6.02. The lowest BCUT2D eigenvalue weighted by atomic mass is 10.2. The molecule has 2 heterocycles. The second-order valence-electron chi connectivity index (χ2n) is 3.60. The van der Waals surface area contributed by atoms with E-state index in [1.165, 1.54) is 12.4 Å². The summed E-state index contributed by atoms with van der Waals surface area (Å²) in [4.78, 5) is 26.4. The number of hydrogen-bond donors (Lipinski definition) is 1. The molecule has 0 unspecified atom stereocenters. The maximum Gasteiger partial charge on any atom is 0.511 e. The number of nitrogens with zero attached hydrogens (tertiary/aromatic N) is 2. The number of aromatic nitrogens is 2. The summed E-state index contributed by atoms with van der Waals surface area (Å²) in [6.45, 7) is 2.26. The summed E-state index contributed by atoms with van der Waals surface area (Å²) in [7, 11) is 0. The van der Waals surface area contributed by atoms with Crippen molar-refractivity contribution in [2.24, 2.45) is 0 Å². The lowest BCUT2D eigenvalue weighted by Crippen LogP contribution is -2.16. The van der Waals surface area contributed by atoms with Crippen LogP contribution in [0.4, 0.5) is 4.79 Å². The average Bonchev–Trinajstić information content (AvgIpc) is 2.36. The molecule has 2 aromatic rings. The van der Waals surface area contributed by atoms with Gasteiger partial charge >= 0.3 is 6.16 Å². The van der Waals surface area contributed by atoms with Crippen molar-refractivity contribution in [3.8, 4) is 5.75 Å². The maximum absolute atomic E-state index is 12.1. The van der Waals surface area contributed by atoms with E-state index < -0.39 is 11.6 Å². The Labute approximate surface area is 117 Å². The number of rotatable bonds is 2. The van der Waals surface area contributed by atoms with E-state index in [9.17, 15) is 9.59 Å². The van der Waals surface area contributed by atoms with E-state index in [0.717, 1.165) is 0 Å². The molecular weight excluding hydrogens is 295 g/mol. The number of ether oxygens (including phenoxy) is 1. The third-order valence-electron chi connectivity index (χ3n) is 2.52. The fourth-order valence-corrected chi connectivity index (χ4v) is 2.11. The molecule has 0 aliphatic carbocycles. The first-order chi connectivity index (χ1) is 8.95. The van der Waals surface area contributed by atoms with Crippen molar-refractivity contribution < 1.29 is 14.6 Å². The Morgan fingerprint density at radius 1 is 1.53 bits per heavy atom. The quantitative estimate of drug-likeness (QED) is 0.681. The first-order valence-electron chi connectivity index (χ1n) is 5.23. The third kappa shape index (κ3) is 2.36.